The maximum atomic E-state index is 11.3. The van der Waals surface area contributed by atoms with Gasteiger partial charge in [0, 0.05) is 12.7 Å². The Morgan fingerprint density at radius 1 is 1.64 bits per heavy atom. The first-order chi connectivity index (χ1) is 6.59. The maximum absolute atomic E-state index is 11.3. The third-order valence-corrected chi connectivity index (χ3v) is 1.54. The van der Waals surface area contributed by atoms with Gasteiger partial charge in [-0.1, -0.05) is 0 Å². The molecule has 5 nitrogen and oxygen atoms in total. The van der Waals surface area contributed by atoms with Crippen molar-refractivity contribution in [2.24, 2.45) is 0 Å². The summed E-state index contributed by atoms with van der Waals surface area (Å²) in [4.78, 5) is 15.0. The summed E-state index contributed by atoms with van der Waals surface area (Å²) in [5, 5.41) is 20.5. The Morgan fingerprint density at radius 3 is 2.93 bits per heavy atom. The van der Waals surface area contributed by atoms with E-state index in [2.05, 4.69) is 10.3 Å². The first-order valence-corrected chi connectivity index (χ1v) is 4.20. The van der Waals surface area contributed by atoms with Gasteiger partial charge in [-0.2, -0.15) is 0 Å². The highest BCUT2D eigenvalue weighted by Crippen LogP contribution is 2.07. The average molecular weight is 196 g/mol. The molecule has 3 N–H and O–H groups in total. The molecule has 0 aliphatic rings. The molecular formula is C9H12N2O3. The standard InChI is InChI=1S/C9H12N2O3/c1-6(12)3-11-9(14)7-2-8(13)5-10-4-7/h2,4-6,12-13H,3H2,1H3,(H,11,14). The molecule has 0 spiro atoms. The normalized spacial score (nSPS) is 12.1. The van der Waals surface area contributed by atoms with E-state index in [0.717, 1.165) is 0 Å². The Morgan fingerprint density at radius 2 is 2.36 bits per heavy atom. The third-order valence-electron chi connectivity index (χ3n) is 1.54. The molecule has 1 atom stereocenters. The van der Waals surface area contributed by atoms with Crippen molar-refractivity contribution in [1.29, 1.82) is 0 Å². The van der Waals surface area contributed by atoms with Gasteiger partial charge >= 0.3 is 0 Å². The van der Waals surface area contributed by atoms with Crippen LogP contribution in [0.15, 0.2) is 18.5 Å². The summed E-state index contributed by atoms with van der Waals surface area (Å²) < 4.78 is 0. The number of hydrogen-bond donors (Lipinski definition) is 3. The highest BCUT2D eigenvalue weighted by molar-refractivity contribution is 5.94. The molecular weight excluding hydrogens is 184 g/mol. The van der Waals surface area contributed by atoms with Crippen LogP contribution in [0.5, 0.6) is 5.75 Å². The van der Waals surface area contributed by atoms with E-state index in [1.807, 2.05) is 0 Å². The molecule has 0 radical (unpaired) electrons. The lowest BCUT2D eigenvalue weighted by atomic mass is 10.2. The number of carbonyl (C=O) groups excluding carboxylic acids is 1. The predicted molar refractivity (Wildman–Crippen MR) is 49.9 cm³/mol. The van der Waals surface area contributed by atoms with Gasteiger partial charge in [0.2, 0.25) is 0 Å². The largest absolute Gasteiger partial charge is 0.506 e. The molecule has 1 amide bonds. The number of nitrogens with zero attached hydrogens (tertiary/aromatic N) is 1. The van der Waals surface area contributed by atoms with E-state index in [0.29, 0.717) is 0 Å². The minimum Gasteiger partial charge on any atom is -0.506 e. The molecule has 0 bridgehead atoms. The third kappa shape index (κ3) is 3.02. The van der Waals surface area contributed by atoms with E-state index in [-0.39, 0.29) is 23.8 Å². The summed E-state index contributed by atoms with van der Waals surface area (Å²) >= 11 is 0. The summed E-state index contributed by atoms with van der Waals surface area (Å²) in [5.74, 6) is -0.427. The smallest absolute Gasteiger partial charge is 0.253 e. The molecule has 0 saturated carbocycles. The van der Waals surface area contributed by atoms with Crippen LogP contribution < -0.4 is 5.32 Å². The fourth-order valence-corrected chi connectivity index (χ4v) is 0.894. The second kappa shape index (κ2) is 4.57. The maximum Gasteiger partial charge on any atom is 0.253 e. The van der Waals surface area contributed by atoms with Crippen LogP contribution in [0, 0.1) is 0 Å². The number of hydrogen-bond acceptors (Lipinski definition) is 4. The number of carbonyl (C=O) groups is 1. The Bertz CT molecular complexity index is 326. The number of aliphatic hydroxyl groups is 1. The molecule has 1 rings (SSSR count). The highest BCUT2D eigenvalue weighted by Gasteiger charge is 2.06. The monoisotopic (exact) mass is 196 g/mol. The first-order valence-electron chi connectivity index (χ1n) is 4.20. The SMILES string of the molecule is CC(O)CNC(=O)c1cncc(O)c1. The van der Waals surface area contributed by atoms with Gasteiger partial charge in [-0.05, 0) is 13.0 Å². The molecule has 76 valence electrons. The summed E-state index contributed by atoms with van der Waals surface area (Å²) in [5.41, 5.74) is 0.269. The average Bonchev–Trinajstić information content (AvgIpc) is 2.14. The van der Waals surface area contributed by atoms with Gasteiger partial charge in [-0.3, -0.25) is 9.78 Å². The van der Waals surface area contributed by atoms with Gasteiger partial charge in [0.25, 0.3) is 5.91 Å². The summed E-state index contributed by atoms with van der Waals surface area (Å²) in [7, 11) is 0. The minimum atomic E-state index is -0.593. The van der Waals surface area contributed by atoms with E-state index >= 15 is 0 Å². The second-order valence-electron chi connectivity index (χ2n) is 2.99. The van der Waals surface area contributed by atoms with Crippen LogP contribution in [0.3, 0.4) is 0 Å². The number of pyridine rings is 1. The van der Waals surface area contributed by atoms with Crippen molar-refractivity contribution in [3.05, 3.63) is 24.0 Å². The molecule has 0 aliphatic carbocycles. The topological polar surface area (TPSA) is 82.5 Å². The van der Waals surface area contributed by atoms with Crippen molar-refractivity contribution in [3.63, 3.8) is 0 Å². The van der Waals surface area contributed by atoms with Crippen LogP contribution in [0.4, 0.5) is 0 Å². The van der Waals surface area contributed by atoms with Crippen molar-refractivity contribution in [1.82, 2.24) is 10.3 Å². The molecule has 1 aromatic heterocycles. The zero-order valence-corrected chi connectivity index (χ0v) is 7.77. The van der Waals surface area contributed by atoms with Crippen molar-refractivity contribution < 1.29 is 15.0 Å². The lowest BCUT2D eigenvalue weighted by Gasteiger charge is -2.06. The Labute approximate surface area is 81.4 Å². The zero-order valence-electron chi connectivity index (χ0n) is 7.77. The van der Waals surface area contributed by atoms with E-state index in [4.69, 9.17) is 10.2 Å². The van der Waals surface area contributed by atoms with E-state index in [9.17, 15) is 4.79 Å². The number of amides is 1. The fourth-order valence-electron chi connectivity index (χ4n) is 0.894. The molecule has 1 heterocycles. The van der Waals surface area contributed by atoms with Crippen molar-refractivity contribution in [2.45, 2.75) is 13.0 Å². The van der Waals surface area contributed by atoms with Crippen LogP contribution in [0.1, 0.15) is 17.3 Å². The van der Waals surface area contributed by atoms with Gasteiger partial charge in [-0.15, -0.1) is 0 Å². The van der Waals surface area contributed by atoms with Crippen LogP contribution in [0.2, 0.25) is 0 Å². The van der Waals surface area contributed by atoms with Crippen molar-refractivity contribution in [3.8, 4) is 5.75 Å². The molecule has 0 saturated heterocycles. The summed E-state index contributed by atoms with van der Waals surface area (Å²) in [6.45, 7) is 1.75. The van der Waals surface area contributed by atoms with Crippen LogP contribution in [0.25, 0.3) is 0 Å². The van der Waals surface area contributed by atoms with Gasteiger partial charge < -0.3 is 15.5 Å². The van der Waals surface area contributed by atoms with Crippen LogP contribution in [-0.4, -0.2) is 33.8 Å². The second-order valence-corrected chi connectivity index (χ2v) is 2.99. The highest BCUT2D eigenvalue weighted by atomic mass is 16.3. The van der Waals surface area contributed by atoms with Gasteiger partial charge in [0.15, 0.2) is 0 Å². The Hall–Kier alpha value is -1.62. The molecule has 0 aliphatic heterocycles. The molecule has 14 heavy (non-hydrogen) atoms. The molecule has 0 aromatic carbocycles. The number of rotatable bonds is 3. The lowest BCUT2D eigenvalue weighted by Crippen LogP contribution is -2.30. The van der Waals surface area contributed by atoms with Crippen molar-refractivity contribution in [2.75, 3.05) is 6.54 Å². The van der Waals surface area contributed by atoms with Crippen LogP contribution >= 0.6 is 0 Å². The Balaban J connectivity index is 2.61. The summed E-state index contributed by atoms with van der Waals surface area (Å²) in [6, 6.07) is 1.31. The number of aromatic hydroxyl groups is 1. The zero-order chi connectivity index (χ0) is 10.6. The van der Waals surface area contributed by atoms with Crippen LogP contribution in [-0.2, 0) is 0 Å². The molecule has 1 aromatic rings. The number of aromatic nitrogens is 1. The quantitative estimate of drug-likeness (QED) is 0.630. The number of nitrogens with one attached hydrogen (secondary N) is 1. The van der Waals surface area contributed by atoms with E-state index in [1.54, 1.807) is 6.92 Å². The molecule has 0 fully saturated rings. The first kappa shape index (κ1) is 10.5. The van der Waals surface area contributed by atoms with E-state index < -0.39 is 6.10 Å². The number of aliphatic hydroxyl groups excluding tert-OH is 1. The molecule has 1 unspecified atom stereocenters. The fraction of sp³-hybridized carbons (Fsp3) is 0.333. The van der Waals surface area contributed by atoms with E-state index in [1.165, 1.54) is 18.5 Å². The van der Waals surface area contributed by atoms with Gasteiger partial charge in [-0.25, -0.2) is 0 Å². The molecule has 5 heteroatoms. The summed E-state index contributed by atoms with van der Waals surface area (Å²) in [6.07, 6.45) is 1.99. The predicted octanol–water partition coefficient (Wildman–Crippen LogP) is -0.102. The van der Waals surface area contributed by atoms with Gasteiger partial charge in [0.05, 0.1) is 17.9 Å². The lowest BCUT2D eigenvalue weighted by molar-refractivity contribution is 0.0923. The minimum absolute atomic E-state index is 0.0605. The Kier molecular flexibility index (Phi) is 3.41. The van der Waals surface area contributed by atoms with Crippen molar-refractivity contribution >= 4 is 5.91 Å². The van der Waals surface area contributed by atoms with Gasteiger partial charge in [0.1, 0.15) is 5.75 Å².